The number of likely N-dealkylation sites (tertiary alicyclic amines) is 1. The molecule has 2 heterocycles. The monoisotopic (exact) mass is 348 g/mol. The Hall–Kier alpha value is -2.19. The number of sulfonamides is 1. The molecule has 3 rings (SSSR count). The summed E-state index contributed by atoms with van der Waals surface area (Å²) in [6, 6.07) is 11.1. The number of carbonyl (C=O) groups excluding carboxylic acids is 1. The Morgan fingerprint density at radius 3 is 2.79 bits per heavy atom. The largest absolute Gasteiger partial charge is 0.336 e. The number of aromatic nitrogens is 2. The Morgan fingerprint density at radius 1 is 1.33 bits per heavy atom. The highest BCUT2D eigenvalue weighted by Gasteiger charge is 2.27. The summed E-state index contributed by atoms with van der Waals surface area (Å²) in [6.07, 6.45) is 2.63. The van der Waals surface area contributed by atoms with Crippen molar-refractivity contribution in [2.75, 3.05) is 19.3 Å². The van der Waals surface area contributed by atoms with Crippen molar-refractivity contribution in [2.24, 2.45) is 0 Å². The SMILES string of the molecule is CS(=O)(=O)NC1CCCN(C(=O)c2cc(-c3ccccc3)n[nH]2)C1. The van der Waals surface area contributed by atoms with E-state index in [0.717, 1.165) is 24.7 Å². The molecule has 1 unspecified atom stereocenters. The highest BCUT2D eigenvalue weighted by atomic mass is 32.2. The molecule has 1 saturated heterocycles. The maximum Gasteiger partial charge on any atom is 0.271 e. The van der Waals surface area contributed by atoms with Gasteiger partial charge in [0.15, 0.2) is 0 Å². The van der Waals surface area contributed by atoms with Gasteiger partial charge in [-0.05, 0) is 18.9 Å². The average molecular weight is 348 g/mol. The summed E-state index contributed by atoms with van der Waals surface area (Å²) in [7, 11) is -3.28. The van der Waals surface area contributed by atoms with Crippen molar-refractivity contribution in [3.63, 3.8) is 0 Å². The van der Waals surface area contributed by atoms with Crippen LogP contribution in [0.5, 0.6) is 0 Å². The van der Waals surface area contributed by atoms with E-state index in [-0.39, 0.29) is 11.9 Å². The summed E-state index contributed by atoms with van der Waals surface area (Å²) in [4.78, 5) is 14.3. The smallest absolute Gasteiger partial charge is 0.271 e. The summed E-state index contributed by atoms with van der Waals surface area (Å²) in [6.45, 7) is 0.978. The molecule has 1 atom stereocenters. The van der Waals surface area contributed by atoms with Gasteiger partial charge in [-0.3, -0.25) is 9.89 Å². The van der Waals surface area contributed by atoms with Crippen LogP contribution in [-0.2, 0) is 10.0 Å². The number of nitrogens with one attached hydrogen (secondary N) is 2. The van der Waals surface area contributed by atoms with Crippen LogP contribution in [0, 0.1) is 0 Å². The lowest BCUT2D eigenvalue weighted by Gasteiger charge is -2.32. The van der Waals surface area contributed by atoms with Gasteiger partial charge < -0.3 is 4.90 Å². The molecule has 7 nitrogen and oxygen atoms in total. The molecule has 1 aliphatic rings. The Kier molecular flexibility index (Phi) is 4.68. The van der Waals surface area contributed by atoms with Crippen LogP contribution in [-0.4, -0.2) is 54.8 Å². The molecule has 128 valence electrons. The van der Waals surface area contributed by atoms with E-state index in [1.807, 2.05) is 30.3 Å². The second-order valence-electron chi connectivity index (χ2n) is 6.01. The first-order valence-electron chi connectivity index (χ1n) is 7.80. The normalized spacial score (nSPS) is 18.5. The molecule has 1 amide bonds. The molecule has 1 aliphatic heterocycles. The van der Waals surface area contributed by atoms with Crippen molar-refractivity contribution in [3.8, 4) is 11.3 Å². The van der Waals surface area contributed by atoms with Gasteiger partial charge in [0.2, 0.25) is 10.0 Å². The standard InChI is InChI=1S/C16H20N4O3S/c1-24(22,23)19-13-8-5-9-20(11-13)16(21)15-10-14(17-18-15)12-6-3-2-4-7-12/h2-4,6-7,10,13,19H,5,8-9,11H2,1H3,(H,17,18). The van der Waals surface area contributed by atoms with Crippen molar-refractivity contribution in [1.29, 1.82) is 0 Å². The molecule has 24 heavy (non-hydrogen) atoms. The number of amides is 1. The third-order valence-electron chi connectivity index (χ3n) is 3.97. The lowest BCUT2D eigenvalue weighted by Crippen LogP contribution is -2.49. The van der Waals surface area contributed by atoms with Crippen LogP contribution in [0.15, 0.2) is 36.4 Å². The van der Waals surface area contributed by atoms with E-state index in [9.17, 15) is 13.2 Å². The van der Waals surface area contributed by atoms with Gasteiger partial charge in [-0.15, -0.1) is 0 Å². The van der Waals surface area contributed by atoms with Gasteiger partial charge in [0.05, 0.1) is 11.9 Å². The first-order valence-corrected chi connectivity index (χ1v) is 9.69. The van der Waals surface area contributed by atoms with Crippen LogP contribution in [0.1, 0.15) is 23.3 Å². The van der Waals surface area contributed by atoms with E-state index in [4.69, 9.17) is 0 Å². The fourth-order valence-corrected chi connectivity index (χ4v) is 3.72. The number of rotatable bonds is 4. The zero-order valence-corrected chi connectivity index (χ0v) is 14.2. The molecule has 1 aromatic heterocycles. The summed E-state index contributed by atoms with van der Waals surface area (Å²) in [5.41, 5.74) is 2.05. The molecule has 2 N–H and O–H groups in total. The number of benzene rings is 1. The molecule has 0 spiro atoms. The Morgan fingerprint density at radius 2 is 2.08 bits per heavy atom. The fraction of sp³-hybridized carbons (Fsp3) is 0.375. The lowest BCUT2D eigenvalue weighted by molar-refractivity contribution is 0.0697. The molecule has 0 radical (unpaired) electrons. The minimum atomic E-state index is -3.28. The quantitative estimate of drug-likeness (QED) is 0.869. The third kappa shape index (κ3) is 4.01. The lowest BCUT2D eigenvalue weighted by atomic mass is 10.1. The van der Waals surface area contributed by atoms with Crippen LogP contribution in [0.4, 0.5) is 0 Å². The van der Waals surface area contributed by atoms with E-state index in [2.05, 4.69) is 14.9 Å². The second kappa shape index (κ2) is 6.74. The van der Waals surface area contributed by atoms with Crippen molar-refractivity contribution in [2.45, 2.75) is 18.9 Å². The second-order valence-corrected chi connectivity index (χ2v) is 7.79. The molecule has 0 bridgehead atoms. The van der Waals surface area contributed by atoms with Gasteiger partial charge in [0.1, 0.15) is 5.69 Å². The van der Waals surface area contributed by atoms with E-state index in [1.54, 1.807) is 11.0 Å². The number of hydrogen-bond donors (Lipinski definition) is 2. The maximum atomic E-state index is 12.6. The average Bonchev–Trinajstić information content (AvgIpc) is 3.03. The van der Waals surface area contributed by atoms with Gasteiger partial charge in [0, 0.05) is 24.7 Å². The predicted molar refractivity (Wildman–Crippen MR) is 90.9 cm³/mol. The van der Waals surface area contributed by atoms with E-state index in [1.165, 1.54) is 0 Å². The molecular weight excluding hydrogens is 328 g/mol. The van der Waals surface area contributed by atoms with Crippen LogP contribution < -0.4 is 4.72 Å². The zero-order valence-electron chi connectivity index (χ0n) is 13.4. The first kappa shape index (κ1) is 16.7. The highest BCUT2D eigenvalue weighted by molar-refractivity contribution is 7.88. The minimum Gasteiger partial charge on any atom is -0.336 e. The van der Waals surface area contributed by atoms with Gasteiger partial charge >= 0.3 is 0 Å². The summed E-state index contributed by atoms with van der Waals surface area (Å²) in [5.74, 6) is -0.162. The number of nitrogens with zero attached hydrogens (tertiary/aromatic N) is 2. The fourth-order valence-electron chi connectivity index (χ4n) is 2.92. The highest BCUT2D eigenvalue weighted by Crippen LogP contribution is 2.19. The first-order chi connectivity index (χ1) is 11.4. The van der Waals surface area contributed by atoms with Crippen LogP contribution in [0.25, 0.3) is 11.3 Å². The number of H-pyrrole nitrogens is 1. The number of carbonyl (C=O) groups is 1. The summed E-state index contributed by atoms with van der Waals surface area (Å²) in [5, 5.41) is 6.98. The van der Waals surface area contributed by atoms with Gasteiger partial charge in [-0.25, -0.2) is 13.1 Å². The van der Waals surface area contributed by atoms with Gasteiger partial charge in [0.25, 0.3) is 5.91 Å². The van der Waals surface area contributed by atoms with E-state index >= 15 is 0 Å². The Bertz CT molecular complexity index is 817. The molecule has 8 heteroatoms. The van der Waals surface area contributed by atoms with Gasteiger partial charge in [-0.1, -0.05) is 30.3 Å². The van der Waals surface area contributed by atoms with E-state index in [0.29, 0.717) is 24.5 Å². The summed E-state index contributed by atoms with van der Waals surface area (Å²) < 4.78 is 25.3. The Labute approximate surface area is 141 Å². The maximum absolute atomic E-state index is 12.6. The Balaban J connectivity index is 1.71. The molecule has 0 saturated carbocycles. The van der Waals surface area contributed by atoms with Crippen molar-refractivity contribution >= 4 is 15.9 Å². The predicted octanol–water partition coefficient (Wildman–Crippen LogP) is 1.23. The number of piperidine rings is 1. The van der Waals surface area contributed by atoms with Crippen LogP contribution >= 0.6 is 0 Å². The van der Waals surface area contributed by atoms with Crippen molar-refractivity contribution in [1.82, 2.24) is 19.8 Å². The van der Waals surface area contributed by atoms with Crippen LogP contribution in [0.2, 0.25) is 0 Å². The van der Waals surface area contributed by atoms with Gasteiger partial charge in [-0.2, -0.15) is 5.10 Å². The minimum absolute atomic E-state index is 0.162. The third-order valence-corrected chi connectivity index (χ3v) is 4.73. The number of aromatic amines is 1. The van der Waals surface area contributed by atoms with Crippen LogP contribution in [0.3, 0.4) is 0 Å². The van der Waals surface area contributed by atoms with Crippen molar-refractivity contribution in [3.05, 3.63) is 42.1 Å². The molecule has 2 aromatic rings. The number of hydrogen-bond acceptors (Lipinski definition) is 4. The molecule has 0 aliphatic carbocycles. The topological polar surface area (TPSA) is 95.2 Å². The zero-order chi connectivity index (χ0) is 17.2. The summed E-state index contributed by atoms with van der Waals surface area (Å²) >= 11 is 0. The van der Waals surface area contributed by atoms with Crippen molar-refractivity contribution < 1.29 is 13.2 Å². The molecular formula is C16H20N4O3S. The molecule has 1 aromatic carbocycles. The van der Waals surface area contributed by atoms with E-state index < -0.39 is 10.0 Å². The molecule has 1 fully saturated rings.